The SMILES string of the molecule is CCc1cccc(C)c1NC(=O)COC(=O)c1cnn(-c2ccccn2)c1C(C)C. The van der Waals surface area contributed by atoms with E-state index in [0.29, 0.717) is 17.1 Å². The highest BCUT2D eigenvalue weighted by Gasteiger charge is 2.23. The van der Waals surface area contributed by atoms with Crippen LogP contribution in [0.25, 0.3) is 5.82 Å². The van der Waals surface area contributed by atoms with Crippen LogP contribution >= 0.6 is 0 Å². The molecule has 1 aromatic carbocycles. The molecule has 0 saturated carbocycles. The standard InChI is InChI=1S/C23H26N4O3/c1-5-17-10-8-9-16(4)21(17)26-20(28)14-30-23(29)18-13-25-27(22(18)15(2)3)19-11-6-7-12-24-19/h6-13,15H,5,14H2,1-4H3,(H,26,28). The molecule has 0 spiro atoms. The first-order chi connectivity index (χ1) is 14.4. The number of ether oxygens (including phenoxy) is 1. The van der Waals surface area contributed by atoms with E-state index < -0.39 is 5.97 Å². The lowest BCUT2D eigenvalue weighted by Gasteiger charge is -2.14. The van der Waals surface area contributed by atoms with E-state index in [1.54, 1.807) is 10.9 Å². The molecule has 30 heavy (non-hydrogen) atoms. The number of rotatable bonds is 7. The minimum Gasteiger partial charge on any atom is -0.452 e. The Bertz CT molecular complexity index is 1040. The molecule has 0 aliphatic carbocycles. The molecule has 0 saturated heterocycles. The molecule has 1 amide bonds. The summed E-state index contributed by atoms with van der Waals surface area (Å²) in [4.78, 5) is 29.4. The van der Waals surface area contributed by atoms with Gasteiger partial charge in [0.2, 0.25) is 0 Å². The van der Waals surface area contributed by atoms with Gasteiger partial charge < -0.3 is 10.1 Å². The van der Waals surface area contributed by atoms with Gasteiger partial charge in [-0.3, -0.25) is 4.79 Å². The lowest BCUT2D eigenvalue weighted by atomic mass is 10.1. The molecular weight excluding hydrogens is 380 g/mol. The van der Waals surface area contributed by atoms with Crippen molar-refractivity contribution in [3.05, 3.63) is 71.2 Å². The van der Waals surface area contributed by atoms with Gasteiger partial charge in [0.1, 0.15) is 5.56 Å². The number of benzene rings is 1. The first-order valence-corrected chi connectivity index (χ1v) is 9.97. The van der Waals surface area contributed by atoms with Gasteiger partial charge >= 0.3 is 5.97 Å². The number of nitrogens with zero attached hydrogens (tertiary/aromatic N) is 3. The van der Waals surface area contributed by atoms with Crippen LogP contribution < -0.4 is 5.32 Å². The van der Waals surface area contributed by atoms with Crippen LogP contribution in [0.3, 0.4) is 0 Å². The molecule has 3 aromatic rings. The molecule has 7 heteroatoms. The maximum Gasteiger partial charge on any atom is 0.342 e. The number of aryl methyl sites for hydroxylation is 2. The van der Waals surface area contributed by atoms with Crippen LogP contribution in [-0.4, -0.2) is 33.2 Å². The molecule has 2 aromatic heterocycles. The summed E-state index contributed by atoms with van der Waals surface area (Å²) in [6, 6.07) is 11.3. The third kappa shape index (κ3) is 4.56. The molecule has 0 radical (unpaired) electrons. The molecule has 0 atom stereocenters. The smallest absolute Gasteiger partial charge is 0.342 e. The molecular formula is C23H26N4O3. The van der Waals surface area contributed by atoms with Gasteiger partial charge in [-0.15, -0.1) is 0 Å². The lowest BCUT2D eigenvalue weighted by Crippen LogP contribution is -2.22. The second-order valence-corrected chi connectivity index (χ2v) is 7.28. The maximum atomic E-state index is 12.7. The number of carbonyl (C=O) groups excluding carboxylic acids is 2. The summed E-state index contributed by atoms with van der Waals surface area (Å²) in [5.74, 6) is -0.346. The number of anilines is 1. The quantitative estimate of drug-likeness (QED) is 0.598. The van der Waals surface area contributed by atoms with E-state index in [2.05, 4.69) is 15.4 Å². The van der Waals surface area contributed by atoms with Gasteiger partial charge in [0.15, 0.2) is 12.4 Å². The van der Waals surface area contributed by atoms with Gasteiger partial charge in [-0.25, -0.2) is 14.5 Å². The average molecular weight is 406 g/mol. The first kappa shape index (κ1) is 21.2. The average Bonchev–Trinajstić information content (AvgIpc) is 3.20. The molecule has 1 N–H and O–H groups in total. The summed E-state index contributed by atoms with van der Waals surface area (Å²) in [7, 11) is 0. The third-order valence-electron chi connectivity index (χ3n) is 4.78. The van der Waals surface area contributed by atoms with E-state index in [1.165, 1.54) is 6.20 Å². The zero-order valence-corrected chi connectivity index (χ0v) is 17.7. The number of carbonyl (C=O) groups is 2. The highest BCUT2D eigenvalue weighted by Crippen LogP contribution is 2.23. The topological polar surface area (TPSA) is 86.1 Å². The van der Waals surface area contributed by atoms with E-state index in [0.717, 1.165) is 23.2 Å². The minimum absolute atomic E-state index is 0.00460. The Kier molecular flexibility index (Phi) is 6.61. The Morgan fingerprint density at radius 3 is 2.63 bits per heavy atom. The second kappa shape index (κ2) is 9.35. The summed E-state index contributed by atoms with van der Waals surface area (Å²) < 4.78 is 6.92. The highest BCUT2D eigenvalue weighted by molar-refractivity contribution is 5.96. The number of pyridine rings is 1. The Morgan fingerprint density at radius 2 is 1.97 bits per heavy atom. The van der Waals surface area contributed by atoms with Gasteiger partial charge in [0, 0.05) is 11.9 Å². The van der Waals surface area contributed by atoms with Crippen molar-refractivity contribution in [1.82, 2.24) is 14.8 Å². The predicted molar refractivity (Wildman–Crippen MR) is 115 cm³/mol. The lowest BCUT2D eigenvalue weighted by molar-refractivity contribution is -0.119. The van der Waals surface area contributed by atoms with Crippen molar-refractivity contribution < 1.29 is 14.3 Å². The third-order valence-corrected chi connectivity index (χ3v) is 4.78. The van der Waals surface area contributed by atoms with Gasteiger partial charge in [-0.05, 0) is 42.5 Å². The largest absolute Gasteiger partial charge is 0.452 e. The summed E-state index contributed by atoms with van der Waals surface area (Å²) in [6.45, 7) is 7.51. The minimum atomic E-state index is -0.587. The zero-order chi connectivity index (χ0) is 21.7. The van der Waals surface area contributed by atoms with Gasteiger partial charge in [-0.2, -0.15) is 5.10 Å². The van der Waals surface area contributed by atoms with Crippen LogP contribution in [0, 0.1) is 6.92 Å². The van der Waals surface area contributed by atoms with Crippen molar-refractivity contribution >= 4 is 17.6 Å². The fraction of sp³-hybridized carbons (Fsp3) is 0.304. The monoisotopic (exact) mass is 406 g/mol. The van der Waals surface area contributed by atoms with Crippen molar-refractivity contribution in [3.8, 4) is 5.82 Å². The van der Waals surface area contributed by atoms with Crippen LogP contribution in [0.15, 0.2) is 48.8 Å². The normalized spacial score (nSPS) is 10.8. The molecule has 3 rings (SSSR count). The predicted octanol–water partition coefficient (Wildman–Crippen LogP) is 4.06. The van der Waals surface area contributed by atoms with E-state index in [9.17, 15) is 9.59 Å². The van der Waals surface area contributed by atoms with E-state index in [1.807, 2.05) is 64.1 Å². The molecule has 2 heterocycles. The Labute approximate surface area is 176 Å². The van der Waals surface area contributed by atoms with Crippen LogP contribution in [0.1, 0.15) is 53.9 Å². The van der Waals surface area contributed by atoms with Gasteiger partial charge in [0.05, 0.1) is 11.9 Å². The number of amides is 1. The fourth-order valence-corrected chi connectivity index (χ4v) is 3.32. The summed E-state index contributed by atoms with van der Waals surface area (Å²) in [5.41, 5.74) is 3.79. The van der Waals surface area contributed by atoms with Crippen molar-refractivity contribution in [2.24, 2.45) is 0 Å². The van der Waals surface area contributed by atoms with E-state index in [4.69, 9.17) is 4.74 Å². The number of aromatic nitrogens is 3. The van der Waals surface area contributed by atoms with Crippen LogP contribution in [0.5, 0.6) is 0 Å². The molecule has 0 unspecified atom stereocenters. The first-order valence-electron chi connectivity index (χ1n) is 9.97. The van der Waals surface area contributed by atoms with Crippen molar-refractivity contribution in [2.45, 2.75) is 40.0 Å². The summed E-state index contributed by atoms with van der Waals surface area (Å²) in [5, 5.41) is 7.17. The molecule has 0 aliphatic rings. The summed E-state index contributed by atoms with van der Waals surface area (Å²) >= 11 is 0. The molecule has 156 valence electrons. The number of esters is 1. The molecule has 0 fully saturated rings. The van der Waals surface area contributed by atoms with Gasteiger partial charge in [-0.1, -0.05) is 45.0 Å². The van der Waals surface area contributed by atoms with E-state index >= 15 is 0 Å². The molecule has 0 aliphatic heterocycles. The van der Waals surface area contributed by atoms with Crippen molar-refractivity contribution in [1.29, 1.82) is 0 Å². The van der Waals surface area contributed by atoms with Gasteiger partial charge in [0.25, 0.3) is 5.91 Å². The number of para-hydroxylation sites is 1. The Hall–Kier alpha value is -3.48. The van der Waals surface area contributed by atoms with Crippen LogP contribution in [-0.2, 0) is 16.0 Å². The molecule has 7 nitrogen and oxygen atoms in total. The van der Waals surface area contributed by atoms with E-state index in [-0.39, 0.29) is 18.4 Å². The number of hydrogen-bond acceptors (Lipinski definition) is 5. The van der Waals surface area contributed by atoms with Crippen molar-refractivity contribution in [3.63, 3.8) is 0 Å². The Morgan fingerprint density at radius 1 is 1.17 bits per heavy atom. The fourth-order valence-electron chi connectivity index (χ4n) is 3.32. The number of nitrogens with one attached hydrogen (secondary N) is 1. The molecule has 0 bridgehead atoms. The number of hydrogen-bond donors (Lipinski definition) is 1. The van der Waals surface area contributed by atoms with Crippen molar-refractivity contribution in [2.75, 3.05) is 11.9 Å². The highest BCUT2D eigenvalue weighted by atomic mass is 16.5. The maximum absolute atomic E-state index is 12.7. The zero-order valence-electron chi connectivity index (χ0n) is 17.7. The van der Waals surface area contributed by atoms with Crippen LogP contribution in [0.2, 0.25) is 0 Å². The summed E-state index contributed by atoms with van der Waals surface area (Å²) in [6.07, 6.45) is 3.92. The second-order valence-electron chi connectivity index (χ2n) is 7.28. The Balaban J connectivity index is 1.73. The van der Waals surface area contributed by atoms with Crippen LogP contribution in [0.4, 0.5) is 5.69 Å².